The van der Waals surface area contributed by atoms with E-state index < -0.39 is 6.11 Å². The molecule has 0 aliphatic carbocycles. The molecule has 2 aliphatic heterocycles. The van der Waals surface area contributed by atoms with Gasteiger partial charge in [0, 0.05) is 11.4 Å². The minimum absolute atomic E-state index is 0.000216. The molecule has 6 heteroatoms. The molecule has 0 bridgehead atoms. The van der Waals surface area contributed by atoms with E-state index in [1.807, 2.05) is 0 Å². The van der Waals surface area contributed by atoms with Crippen molar-refractivity contribution < 1.29 is 18.3 Å². The van der Waals surface area contributed by atoms with Gasteiger partial charge in [0.2, 0.25) is 0 Å². The predicted octanol–water partition coefficient (Wildman–Crippen LogP) is 1.12. The molecular weight excluding hydrogens is 240 g/mol. The number of fused-ring (bicyclic) bond motifs is 2. The van der Waals surface area contributed by atoms with E-state index in [4.69, 9.17) is 16.3 Å². The fourth-order valence-corrected chi connectivity index (χ4v) is 1.79. The van der Waals surface area contributed by atoms with Crippen LogP contribution in [0.5, 0.6) is 0 Å². The van der Waals surface area contributed by atoms with Crippen LogP contribution in [0.15, 0.2) is 24.1 Å². The van der Waals surface area contributed by atoms with Crippen LogP contribution in [0.25, 0.3) is 12.0 Å². The lowest BCUT2D eigenvalue weighted by molar-refractivity contribution is -0.143. The molecule has 1 aromatic heterocycles. The molecule has 0 saturated heterocycles. The Kier molecular flexibility index (Phi) is 1.77. The van der Waals surface area contributed by atoms with Gasteiger partial charge in [0.15, 0.2) is 11.5 Å². The molecule has 3 rings (SSSR count). The van der Waals surface area contributed by atoms with Crippen molar-refractivity contribution in [3.8, 4) is 0 Å². The first-order valence-electron chi connectivity index (χ1n) is 4.38. The summed E-state index contributed by atoms with van der Waals surface area (Å²) in [6.07, 6.45) is -0.0124. The maximum Gasteiger partial charge on any atom is 0.423 e. The van der Waals surface area contributed by atoms with Crippen molar-refractivity contribution in [3.63, 3.8) is 0 Å². The molecule has 3 nitrogen and oxygen atoms in total. The van der Waals surface area contributed by atoms with Crippen molar-refractivity contribution in [1.29, 1.82) is 0 Å². The fourth-order valence-electron chi connectivity index (χ4n) is 1.59. The zero-order valence-electron chi connectivity index (χ0n) is 7.71. The molecule has 0 N–H and O–H groups in total. The van der Waals surface area contributed by atoms with Gasteiger partial charge in [0.05, 0.1) is 11.3 Å². The molecule has 2 aliphatic rings. The second-order valence-electron chi connectivity index (χ2n) is 3.30. The Bertz CT molecular complexity index is 624. The van der Waals surface area contributed by atoms with Crippen molar-refractivity contribution in [2.45, 2.75) is 6.11 Å². The van der Waals surface area contributed by atoms with Gasteiger partial charge in [-0.05, 0) is 6.07 Å². The zero-order chi connectivity index (χ0) is 11.3. The number of nitrogens with zero attached hydrogens (tertiary/aromatic N) is 1. The second kappa shape index (κ2) is 2.95. The van der Waals surface area contributed by atoms with Gasteiger partial charge in [-0.25, -0.2) is 4.98 Å². The van der Waals surface area contributed by atoms with E-state index in [9.17, 15) is 8.78 Å². The first-order valence-corrected chi connectivity index (χ1v) is 4.76. The average Bonchev–Trinajstić information content (AvgIpc) is 2.53. The summed E-state index contributed by atoms with van der Waals surface area (Å²) in [6.45, 7) is 0. The van der Waals surface area contributed by atoms with E-state index in [0.717, 1.165) is 0 Å². The summed E-state index contributed by atoms with van der Waals surface area (Å²) in [4.78, 5) is 3.82. The minimum atomic E-state index is -3.34. The van der Waals surface area contributed by atoms with Crippen LogP contribution < -0.4 is 10.4 Å². The quantitative estimate of drug-likeness (QED) is 0.640. The number of pyridine rings is 1. The van der Waals surface area contributed by atoms with E-state index in [1.165, 1.54) is 12.5 Å². The summed E-state index contributed by atoms with van der Waals surface area (Å²) in [6, 6.07) is 1.55. The van der Waals surface area contributed by atoms with Gasteiger partial charge >= 0.3 is 6.11 Å². The van der Waals surface area contributed by atoms with Crippen LogP contribution >= 0.6 is 11.6 Å². The molecule has 0 radical (unpaired) electrons. The lowest BCUT2D eigenvalue weighted by Crippen LogP contribution is -2.33. The van der Waals surface area contributed by atoms with Crippen LogP contribution in [-0.4, -0.2) is 11.1 Å². The Morgan fingerprint density at radius 3 is 3.00 bits per heavy atom. The highest BCUT2D eigenvalue weighted by Crippen LogP contribution is 2.35. The number of ether oxygens (including phenoxy) is 2. The first kappa shape index (κ1) is 9.59. The first-order chi connectivity index (χ1) is 7.57. The SMILES string of the molecule is FC1(F)C=C2OC=c3c(Cl)nccc3=C2O1. The molecule has 0 aromatic carbocycles. The van der Waals surface area contributed by atoms with E-state index in [2.05, 4.69) is 9.72 Å². The number of hydrogen-bond donors (Lipinski definition) is 0. The van der Waals surface area contributed by atoms with Crippen molar-refractivity contribution in [1.82, 2.24) is 4.98 Å². The molecule has 0 saturated carbocycles. The smallest absolute Gasteiger partial charge is 0.423 e. The van der Waals surface area contributed by atoms with Crippen molar-refractivity contribution >= 4 is 23.6 Å². The molecule has 1 aromatic rings. The lowest BCUT2D eigenvalue weighted by Gasteiger charge is -2.11. The Hall–Kier alpha value is -1.62. The number of hydrogen-bond acceptors (Lipinski definition) is 3. The Morgan fingerprint density at radius 1 is 1.38 bits per heavy atom. The molecule has 0 amide bonds. The molecule has 0 fully saturated rings. The normalized spacial score (nSPS) is 19.9. The number of halogens is 3. The maximum absolute atomic E-state index is 13.0. The molecule has 82 valence electrons. The second-order valence-corrected chi connectivity index (χ2v) is 3.66. The van der Waals surface area contributed by atoms with Crippen molar-refractivity contribution in [2.24, 2.45) is 0 Å². The number of alkyl halides is 2. The molecule has 3 heterocycles. The molecule has 0 unspecified atom stereocenters. The third-order valence-corrected chi connectivity index (χ3v) is 2.55. The molecule has 16 heavy (non-hydrogen) atoms. The highest BCUT2D eigenvalue weighted by atomic mass is 35.5. The van der Waals surface area contributed by atoms with Crippen LogP contribution in [0, 0.1) is 0 Å². The standard InChI is InChI=1S/C10H4ClF2NO2/c11-9-6-4-15-7-3-10(12,13)16-8(7)5(6)1-2-14-9/h1-4H. The highest BCUT2D eigenvalue weighted by Gasteiger charge is 2.40. The summed E-state index contributed by atoms with van der Waals surface area (Å²) < 4.78 is 35.5. The summed E-state index contributed by atoms with van der Waals surface area (Å²) in [7, 11) is 0. The van der Waals surface area contributed by atoms with Gasteiger partial charge in [0.1, 0.15) is 11.4 Å². The van der Waals surface area contributed by atoms with E-state index in [0.29, 0.717) is 16.5 Å². The van der Waals surface area contributed by atoms with E-state index >= 15 is 0 Å². The van der Waals surface area contributed by atoms with Gasteiger partial charge in [-0.1, -0.05) is 11.6 Å². The maximum atomic E-state index is 13.0. The fraction of sp³-hybridized carbons (Fsp3) is 0.100. The Balaban J connectivity index is 2.37. The van der Waals surface area contributed by atoms with Gasteiger partial charge in [-0.2, -0.15) is 8.78 Å². The Labute approximate surface area is 93.3 Å². The third kappa shape index (κ3) is 1.28. The van der Waals surface area contributed by atoms with Crippen LogP contribution in [0.1, 0.15) is 0 Å². The van der Waals surface area contributed by atoms with Crippen molar-refractivity contribution in [2.75, 3.05) is 0 Å². The lowest BCUT2D eigenvalue weighted by atomic mass is 10.2. The van der Waals surface area contributed by atoms with Crippen LogP contribution in [0.4, 0.5) is 8.78 Å². The van der Waals surface area contributed by atoms with Crippen LogP contribution in [0.2, 0.25) is 5.15 Å². The summed E-state index contributed by atoms with van der Waals surface area (Å²) in [5.41, 5.74) is 0. The summed E-state index contributed by atoms with van der Waals surface area (Å²) in [5, 5.41) is 1.08. The molecule has 0 spiro atoms. The zero-order valence-corrected chi connectivity index (χ0v) is 8.46. The molecular formula is C10H4ClF2NO2. The van der Waals surface area contributed by atoms with E-state index in [-0.39, 0.29) is 16.7 Å². The Morgan fingerprint density at radius 2 is 2.19 bits per heavy atom. The largest absolute Gasteiger partial charge is 0.460 e. The van der Waals surface area contributed by atoms with Crippen molar-refractivity contribution in [3.05, 3.63) is 39.7 Å². The minimum Gasteiger partial charge on any atom is -0.460 e. The topological polar surface area (TPSA) is 31.4 Å². The summed E-state index contributed by atoms with van der Waals surface area (Å²) >= 11 is 5.81. The third-order valence-electron chi connectivity index (χ3n) is 2.25. The van der Waals surface area contributed by atoms with E-state index in [1.54, 1.807) is 6.07 Å². The monoisotopic (exact) mass is 243 g/mol. The summed E-state index contributed by atoms with van der Waals surface area (Å²) in [5.74, 6) is -0.00781. The van der Waals surface area contributed by atoms with Gasteiger partial charge in [0.25, 0.3) is 0 Å². The predicted molar refractivity (Wildman–Crippen MR) is 51.6 cm³/mol. The highest BCUT2D eigenvalue weighted by molar-refractivity contribution is 6.29. The van der Waals surface area contributed by atoms with Gasteiger partial charge in [-0.15, -0.1) is 0 Å². The average molecular weight is 244 g/mol. The van der Waals surface area contributed by atoms with Gasteiger partial charge in [-0.3, -0.25) is 0 Å². The van der Waals surface area contributed by atoms with Crippen LogP contribution in [0.3, 0.4) is 0 Å². The number of rotatable bonds is 0. The molecule has 0 atom stereocenters. The number of aromatic nitrogens is 1. The van der Waals surface area contributed by atoms with Gasteiger partial charge < -0.3 is 9.47 Å². The van der Waals surface area contributed by atoms with Crippen LogP contribution in [-0.2, 0) is 9.47 Å².